The van der Waals surface area contributed by atoms with Crippen molar-refractivity contribution in [1.82, 2.24) is 5.32 Å². The molecule has 0 fully saturated rings. The van der Waals surface area contributed by atoms with Gasteiger partial charge in [0.25, 0.3) is 5.91 Å². The minimum absolute atomic E-state index is 0.0287. The lowest BCUT2D eigenvalue weighted by atomic mass is 10.1. The van der Waals surface area contributed by atoms with Gasteiger partial charge in [0.1, 0.15) is 0 Å². The largest absolute Gasteiger partial charge is 0.490 e. The fraction of sp³-hybridized carbons (Fsp3) is 0.222. The van der Waals surface area contributed by atoms with Crippen LogP contribution in [0.25, 0.3) is 0 Å². The second-order valence-electron chi connectivity index (χ2n) is 5.42. The van der Waals surface area contributed by atoms with Gasteiger partial charge in [0.15, 0.2) is 12.4 Å². The van der Waals surface area contributed by atoms with Crippen LogP contribution in [-0.2, 0) is 9.53 Å². The van der Waals surface area contributed by atoms with E-state index in [0.29, 0.717) is 0 Å². The van der Waals surface area contributed by atoms with E-state index in [1.54, 1.807) is 0 Å². The number of carbonyl (C=O) groups excluding carboxylic acids is 2. The molecule has 136 valence electrons. The molecule has 2 rings (SSSR count). The first kappa shape index (κ1) is 18.9. The first-order valence-corrected chi connectivity index (χ1v) is 7.76. The van der Waals surface area contributed by atoms with Crippen molar-refractivity contribution in [3.63, 3.8) is 0 Å². The molecule has 0 aromatic heterocycles. The first-order chi connectivity index (χ1) is 12.4. The zero-order chi connectivity index (χ0) is 19.1. The van der Waals surface area contributed by atoms with Crippen LogP contribution in [0.15, 0.2) is 48.5 Å². The molecular formula is C18H18N2O6. The van der Waals surface area contributed by atoms with E-state index in [1.807, 2.05) is 37.3 Å². The van der Waals surface area contributed by atoms with Gasteiger partial charge in [-0.15, -0.1) is 0 Å². The molecule has 8 heteroatoms. The van der Waals surface area contributed by atoms with Crippen LogP contribution in [0.3, 0.4) is 0 Å². The SMILES string of the molecule is COc1ccc(C(=O)OCC(=O)N[C@H](C)c2ccccc2)cc1[N+](=O)[O-]. The molecule has 26 heavy (non-hydrogen) atoms. The van der Waals surface area contributed by atoms with Crippen molar-refractivity contribution in [2.75, 3.05) is 13.7 Å². The van der Waals surface area contributed by atoms with Gasteiger partial charge >= 0.3 is 11.7 Å². The minimum atomic E-state index is -0.835. The maximum absolute atomic E-state index is 12.0. The number of methoxy groups -OCH3 is 1. The molecule has 0 aliphatic heterocycles. The van der Waals surface area contributed by atoms with E-state index in [9.17, 15) is 19.7 Å². The Balaban J connectivity index is 1.95. The van der Waals surface area contributed by atoms with Crippen molar-refractivity contribution in [2.45, 2.75) is 13.0 Å². The molecule has 0 unspecified atom stereocenters. The smallest absolute Gasteiger partial charge is 0.338 e. The highest BCUT2D eigenvalue weighted by Gasteiger charge is 2.20. The number of ether oxygens (including phenoxy) is 2. The van der Waals surface area contributed by atoms with Crippen LogP contribution in [-0.4, -0.2) is 30.5 Å². The van der Waals surface area contributed by atoms with E-state index >= 15 is 0 Å². The van der Waals surface area contributed by atoms with E-state index in [0.717, 1.165) is 11.6 Å². The summed E-state index contributed by atoms with van der Waals surface area (Å²) in [6, 6.07) is 12.7. The number of hydrogen-bond donors (Lipinski definition) is 1. The highest BCUT2D eigenvalue weighted by atomic mass is 16.6. The fourth-order valence-corrected chi connectivity index (χ4v) is 2.28. The van der Waals surface area contributed by atoms with Gasteiger partial charge in [0, 0.05) is 6.07 Å². The summed E-state index contributed by atoms with van der Waals surface area (Å²) in [4.78, 5) is 34.3. The van der Waals surface area contributed by atoms with Gasteiger partial charge in [0.05, 0.1) is 23.6 Å². The monoisotopic (exact) mass is 358 g/mol. The average Bonchev–Trinajstić information content (AvgIpc) is 2.66. The zero-order valence-corrected chi connectivity index (χ0v) is 14.3. The number of nitro groups is 1. The van der Waals surface area contributed by atoms with Crippen LogP contribution in [0, 0.1) is 10.1 Å². The lowest BCUT2D eigenvalue weighted by Gasteiger charge is -2.14. The van der Waals surface area contributed by atoms with Crippen LogP contribution in [0.5, 0.6) is 5.75 Å². The third-order valence-corrected chi connectivity index (χ3v) is 3.62. The summed E-state index contributed by atoms with van der Waals surface area (Å²) >= 11 is 0. The summed E-state index contributed by atoms with van der Waals surface area (Å²) < 4.78 is 9.79. The third kappa shape index (κ3) is 4.79. The molecule has 1 N–H and O–H groups in total. The standard InChI is InChI=1S/C18H18N2O6/c1-12(13-6-4-3-5-7-13)19-17(21)11-26-18(22)14-8-9-16(25-2)15(10-14)20(23)24/h3-10,12H,11H2,1-2H3,(H,19,21)/t12-/m1/s1. The highest BCUT2D eigenvalue weighted by molar-refractivity contribution is 5.92. The topological polar surface area (TPSA) is 108 Å². The second kappa shape index (κ2) is 8.61. The summed E-state index contributed by atoms with van der Waals surface area (Å²) in [5.41, 5.74) is 0.517. The normalized spacial score (nSPS) is 11.3. The van der Waals surface area contributed by atoms with Crippen molar-refractivity contribution < 1.29 is 24.0 Å². The van der Waals surface area contributed by atoms with Crippen LogP contribution in [0.2, 0.25) is 0 Å². The zero-order valence-electron chi connectivity index (χ0n) is 14.3. The maximum atomic E-state index is 12.0. The van der Waals surface area contributed by atoms with Gasteiger partial charge in [-0.1, -0.05) is 30.3 Å². The van der Waals surface area contributed by atoms with Crippen molar-refractivity contribution in [3.05, 3.63) is 69.8 Å². The second-order valence-corrected chi connectivity index (χ2v) is 5.42. The van der Waals surface area contributed by atoms with E-state index in [1.165, 1.54) is 19.2 Å². The van der Waals surface area contributed by atoms with Gasteiger partial charge in [0.2, 0.25) is 0 Å². The fourth-order valence-electron chi connectivity index (χ4n) is 2.28. The quantitative estimate of drug-likeness (QED) is 0.463. The number of amides is 1. The third-order valence-electron chi connectivity index (χ3n) is 3.62. The predicted octanol–water partition coefficient (Wildman–Crippen LogP) is 2.64. The average molecular weight is 358 g/mol. The van der Waals surface area contributed by atoms with Crippen LogP contribution in [0.4, 0.5) is 5.69 Å². The van der Waals surface area contributed by atoms with Gasteiger partial charge in [-0.25, -0.2) is 4.79 Å². The maximum Gasteiger partial charge on any atom is 0.338 e. The molecule has 0 bridgehead atoms. The molecule has 1 atom stereocenters. The highest BCUT2D eigenvalue weighted by Crippen LogP contribution is 2.27. The van der Waals surface area contributed by atoms with Gasteiger partial charge < -0.3 is 14.8 Å². The first-order valence-electron chi connectivity index (χ1n) is 7.76. The number of rotatable bonds is 7. The summed E-state index contributed by atoms with van der Waals surface area (Å²) in [5.74, 6) is -1.28. The van der Waals surface area contributed by atoms with E-state index in [4.69, 9.17) is 9.47 Å². The Morgan fingerprint density at radius 3 is 2.50 bits per heavy atom. The molecule has 0 radical (unpaired) electrons. The van der Waals surface area contributed by atoms with Crippen molar-refractivity contribution in [3.8, 4) is 5.75 Å². The molecule has 1 amide bonds. The lowest BCUT2D eigenvalue weighted by molar-refractivity contribution is -0.385. The van der Waals surface area contributed by atoms with Gasteiger partial charge in [-0.05, 0) is 24.6 Å². The molecule has 2 aromatic rings. The van der Waals surface area contributed by atoms with E-state index < -0.39 is 23.4 Å². The minimum Gasteiger partial charge on any atom is -0.490 e. The number of nitrogens with one attached hydrogen (secondary N) is 1. The Morgan fingerprint density at radius 1 is 1.19 bits per heavy atom. The molecule has 0 aliphatic rings. The summed E-state index contributed by atoms with van der Waals surface area (Å²) in [7, 11) is 1.29. The number of esters is 1. The molecule has 8 nitrogen and oxygen atoms in total. The van der Waals surface area contributed by atoms with Crippen molar-refractivity contribution in [1.29, 1.82) is 0 Å². The van der Waals surface area contributed by atoms with Gasteiger partial charge in [-0.3, -0.25) is 14.9 Å². The van der Waals surface area contributed by atoms with Gasteiger partial charge in [-0.2, -0.15) is 0 Å². The number of nitrogens with zero attached hydrogens (tertiary/aromatic N) is 1. The Bertz CT molecular complexity index is 807. The Kier molecular flexibility index (Phi) is 6.26. The molecular weight excluding hydrogens is 340 g/mol. The predicted molar refractivity (Wildman–Crippen MR) is 92.9 cm³/mol. The summed E-state index contributed by atoms with van der Waals surface area (Å²) in [6.07, 6.45) is 0. The molecule has 0 heterocycles. The lowest BCUT2D eigenvalue weighted by Crippen LogP contribution is -2.31. The van der Waals surface area contributed by atoms with Crippen LogP contribution < -0.4 is 10.1 Å². The Hall–Kier alpha value is -3.42. The van der Waals surface area contributed by atoms with Crippen LogP contribution in [0.1, 0.15) is 28.9 Å². The van der Waals surface area contributed by atoms with E-state index in [2.05, 4.69) is 5.32 Å². The molecule has 0 saturated carbocycles. The molecule has 2 aromatic carbocycles. The number of nitro benzene ring substituents is 1. The Morgan fingerprint density at radius 2 is 1.88 bits per heavy atom. The number of carbonyl (C=O) groups is 2. The van der Waals surface area contributed by atoms with Crippen LogP contribution >= 0.6 is 0 Å². The summed E-state index contributed by atoms with van der Waals surface area (Å²) in [5, 5.41) is 13.7. The molecule has 0 saturated heterocycles. The number of hydrogen-bond acceptors (Lipinski definition) is 6. The molecule has 0 aliphatic carbocycles. The molecule has 0 spiro atoms. The number of benzene rings is 2. The van der Waals surface area contributed by atoms with Crippen molar-refractivity contribution in [2.24, 2.45) is 0 Å². The van der Waals surface area contributed by atoms with Crippen molar-refractivity contribution >= 4 is 17.6 Å². The summed E-state index contributed by atoms with van der Waals surface area (Å²) in [6.45, 7) is 1.32. The van der Waals surface area contributed by atoms with E-state index in [-0.39, 0.29) is 23.0 Å². The Labute approximate surface area is 149 Å².